The number of aromatic nitrogens is 2. The Morgan fingerprint density at radius 2 is 1.94 bits per heavy atom. The van der Waals surface area contributed by atoms with E-state index in [1.165, 1.54) is 24.5 Å². The normalized spacial score (nSPS) is 10.1. The van der Waals surface area contributed by atoms with Crippen LogP contribution < -0.4 is 10.5 Å². The average molecular weight is 223 g/mol. The summed E-state index contributed by atoms with van der Waals surface area (Å²) in [5, 5.41) is 0. The van der Waals surface area contributed by atoms with Crippen molar-refractivity contribution in [1.29, 1.82) is 0 Å². The molecule has 2 N–H and O–H groups in total. The molecule has 0 spiro atoms. The lowest BCUT2D eigenvalue weighted by atomic mass is 10.3. The van der Waals surface area contributed by atoms with Crippen LogP contribution in [0.25, 0.3) is 0 Å². The van der Waals surface area contributed by atoms with Crippen molar-refractivity contribution in [1.82, 2.24) is 9.97 Å². The highest BCUT2D eigenvalue weighted by Gasteiger charge is 2.10. The number of ether oxygens (including phenoxy) is 1. The van der Waals surface area contributed by atoms with Gasteiger partial charge in [0.05, 0.1) is 12.4 Å². The molecule has 4 nitrogen and oxygen atoms in total. The van der Waals surface area contributed by atoms with Gasteiger partial charge in [0.2, 0.25) is 11.7 Å². The molecule has 0 amide bonds. The van der Waals surface area contributed by atoms with E-state index in [2.05, 4.69) is 9.97 Å². The molecule has 0 aliphatic heterocycles. The highest BCUT2D eigenvalue weighted by Crippen LogP contribution is 2.23. The third-order valence-corrected chi connectivity index (χ3v) is 1.78. The third kappa shape index (κ3) is 2.05. The van der Waals surface area contributed by atoms with Crippen LogP contribution in [0.15, 0.2) is 30.6 Å². The molecule has 0 bridgehead atoms. The van der Waals surface area contributed by atoms with Gasteiger partial charge in [0, 0.05) is 0 Å². The summed E-state index contributed by atoms with van der Waals surface area (Å²) >= 11 is 0. The number of nitrogens with zero attached hydrogens (tertiary/aromatic N) is 2. The standard InChI is InChI=1S/C10H7F2N3O/c11-6-2-1-3-7(10(6)12)16-9-5-14-8(13)4-15-9/h1-5H,(H2,13,14). The number of hydrogen-bond acceptors (Lipinski definition) is 4. The summed E-state index contributed by atoms with van der Waals surface area (Å²) in [7, 11) is 0. The average Bonchev–Trinajstić information content (AvgIpc) is 2.28. The Morgan fingerprint density at radius 3 is 2.62 bits per heavy atom. The molecule has 0 aliphatic carbocycles. The summed E-state index contributed by atoms with van der Waals surface area (Å²) in [6.07, 6.45) is 2.48. The van der Waals surface area contributed by atoms with Crippen LogP contribution in [0.2, 0.25) is 0 Å². The number of nitrogen functional groups attached to an aromatic ring is 1. The summed E-state index contributed by atoms with van der Waals surface area (Å²) in [6, 6.07) is 3.62. The van der Waals surface area contributed by atoms with Gasteiger partial charge in [0.1, 0.15) is 5.82 Å². The Balaban J connectivity index is 2.27. The molecule has 16 heavy (non-hydrogen) atoms. The number of rotatable bonds is 2. The van der Waals surface area contributed by atoms with Gasteiger partial charge >= 0.3 is 0 Å². The van der Waals surface area contributed by atoms with E-state index in [1.54, 1.807) is 0 Å². The van der Waals surface area contributed by atoms with E-state index in [0.29, 0.717) is 0 Å². The molecule has 2 aromatic rings. The number of nitrogens with two attached hydrogens (primary N) is 1. The Bertz CT molecular complexity index is 502. The van der Waals surface area contributed by atoms with Gasteiger partial charge in [-0.2, -0.15) is 4.39 Å². The highest BCUT2D eigenvalue weighted by atomic mass is 19.2. The van der Waals surface area contributed by atoms with Crippen molar-refractivity contribution in [2.75, 3.05) is 5.73 Å². The summed E-state index contributed by atoms with van der Waals surface area (Å²) in [5.41, 5.74) is 5.31. The predicted octanol–water partition coefficient (Wildman–Crippen LogP) is 2.13. The molecule has 0 aliphatic rings. The molecular weight excluding hydrogens is 216 g/mol. The molecule has 2 rings (SSSR count). The van der Waals surface area contributed by atoms with Gasteiger partial charge in [0.25, 0.3) is 0 Å². The van der Waals surface area contributed by atoms with Crippen molar-refractivity contribution in [3.05, 3.63) is 42.2 Å². The molecule has 1 heterocycles. The topological polar surface area (TPSA) is 61.0 Å². The second-order valence-electron chi connectivity index (χ2n) is 2.93. The lowest BCUT2D eigenvalue weighted by Gasteiger charge is -2.05. The van der Waals surface area contributed by atoms with E-state index in [9.17, 15) is 8.78 Å². The second kappa shape index (κ2) is 4.09. The van der Waals surface area contributed by atoms with Crippen molar-refractivity contribution in [2.45, 2.75) is 0 Å². The lowest BCUT2D eigenvalue weighted by molar-refractivity contribution is 0.404. The fourth-order valence-electron chi connectivity index (χ4n) is 1.05. The van der Waals surface area contributed by atoms with Crippen molar-refractivity contribution < 1.29 is 13.5 Å². The molecule has 0 radical (unpaired) electrons. The molecule has 6 heteroatoms. The minimum Gasteiger partial charge on any atom is -0.434 e. The van der Waals surface area contributed by atoms with Gasteiger partial charge in [0.15, 0.2) is 11.6 Å². The van der Waals surface area contributed by atoms with E-state index in [0.717, 1.165) is 6.07 Å². The maximum Gasteiger partial charge on any atom is 0.238 e. The first-order valence-electron chi connectivity index (χ1n) is 4.36. The summed E-state index contributed by atoms with van der Waals surface area (Å²) in [6.45, 7) is 0. The summed E-state index contributed by atoms with van der Waals surface area (Å²) in [5.74, 6) is -2.05. The highest BCUT2D eigenvalue weighted by molar-refractivity contribution is 5.30. The second-order valence-corrected chi connectivity index (χ2v) is 2.93. The maximum absolute atomic E-state index is 13.2. The van der Waals surface area contributed by atoms with Crippen molar-refractivity contribution >= 4 is 5.82 Å². The van der Waals surface area contributed by atoms with Gasteiger partial charge in [-0.25, -0.2) is 14.4 Å². The Kier molecular flexibility index (Phi) is 2.63. The van der Waals surface area contributed by atoms with Crippen LogP contribution in [0.3, 0.4) is 0 Å². The van der Waals surface area contributed by atoms with Gasteiger partial charge < -0.3 is 10.5 Å². The Morgan fingerprint density at radius 1 is 1.12 bits per heavy atom. The zero-order valence-electron chi connectivity index (χ0n) is 8.02. The number of halogens is 2. The lowest BCUT2D eigenvalue weighted by Crippen LogP contribution is -1.96. The molecule has 0 fully saturated rings. The number of benzene rings is 1. The van der Waals surface area contributed by atoms with Gasteiger partial charge in [-0.3, -0.25) is 0 Å². The van der Waals surface area contributed by atoms with Crippen LogP contribution in [0, 0.1) is 11.6 Å². The van der Waals surface area contributed by atoms with Crippen LogP contribution in [0.5, 0.6) is 11.6 Å². The molecule has 0 atom stereocenters. The van der Waals surface area contributed by atoms with Gasteiger partial charge in [-0.05, 0) is 12.1 Å². The minimum atomic E-state index is -1.07. The SMILES string of the molecule is Nc1cnc(Oc2cccc(F)c2F)cn1. The monoisotopic (exact) mass is 223 g/mol. The zero-order chi connectivity index (χ0) is 11.5. The van der Waals surface area contributed by atoms with Crippen molar-refractivity contribution in [2.24, 2.45) is 0 Å². The molecule has 82 valence electrons. The largest absolute Gasteiger partial charge is 0.434 e. The van der Waals surface area contributed by atoms with Crippen molar-refractivity contribution in [3.63, 3.8) is 0 Å². The van der Waals surface area contributed by atoms with Crippen LogP contribution in [-0.4, -0.2) is 9.97 Å². The quantitative estimate of drug-likeness (QED) is 0.847. The van der Waals surface area contributed by atoms with E-state index < -0.39 is 11.6 Å². The van der Waals surface area contributed by atoms with E-state index in [-0.39, 0.29) is 17.4 Å². The van der Waals surface area contributed by atoms with Crippen LogP contribution in [-0.2, 0) is 0 Å². The molecule has 0 saturated heterocycles. The van der Waals surface area contributed by atoms with E-state index in [1.807, 2.05) is 0 Å². The van der Waals surface area contributed by atoms with E-state index in [4.69, 9.17) is 10.5 Å². The summed E-state index contributed by atoms with van der Waals surface area (Å²) in [4.78, 5) is 7.45. The fourth-order valence-corrected chi connectivity index (χ4v) is 1.05. The van der Waals surface area contributed by atoms with Crippen LogP contribution in [0.4, 0.5) is 14.6 Å². The minimum absolute atomic E-state index is 0.0405. The first kappa shape index (κ1) is 10.3. The molecule has 1 aromatic carbocycles. The van der Waals surface area contributed by atoms with E-state index >= 15 is 0 Å². The number of anilines is 1. The third-order valence-electron chi connectivity index (χ3n) is 1.78. The first-order chi connectivity index (χ1) is 7.66. The Labute approximate surface area is 89.7 Å². The van der Waals surface area contributed by atoms with Gasteiger partial charge in [-0.1, -0.05) is 6.07 Å². The predicted molar refractivity (Wildman–Crippen MR) is 52.9 cm³/mol. The van der Waals surface area contributed by atoms with Crippen molar-refractivity contribution in [3.8, 4) is 11.6 Å². The fraction of sp³-hybridized carbons (Fsp3) is 0. The first-order valence-corrected chi connectivity index (χ1v) is 4.36. The molecule has 0 saturated carbocycles. The van der Waals surface area contributed by atoms with Crippen LogP contribution >= 0.6 is 0 Å². The number of hydrogen-bond donors (Lipinski definition) is 1. The molecule has 0 unspecified atom stereocenters. The molecule has 1 aromatic heterocycles. The van der Waals surface area contributed by atoms with Crippen LogP contribution in [0.1, 0.15) is 0 Å². The summed E-state index contributed by atoms with van der Waals surface area (Å²) < 4.78 is 31.0. The van der Waals surface area contributed by atoms with Gasteiger partial charge in [-0.15, -0.1) is 0 Å². The smallest absolute Gasteiger partial charge is 0.238 e. The molecular formula is C10H7F2N3O. The maximum atomic E-state index is 13.2. The zero-order valence-corrected chi connectivity index (χ0v) is 8.02. The Hall–Kier alpha value is -2.24.